The Hall–Kier alpha value is -2.61. The van der Waals surface area contributed by atoms with Crippen LogP contribution >= 0.6 is 0 Å². The van der Waals surface area contributed by atoms with E-state index in [4.69, 9.17) is 14.2 Å². The Labute approximate surface area is 164 Å². The van der Waals surface area contributed by atoms with Gasteiger partial charge in [-0.3, -0.25) is 9.59 Å². The third kappa shape index (κ3) is 7.19. The lowest BCUT2D eigenvalue weighted by Gasteiger charge is -2.25. The predicted octanol–water partition coefficient (Wildman–Crippen LogP) is 1.92. The van der Waals surface area contributed by atoms with Gasteiger partial charge < -0.3 is 24.8 Å². The maximum Gasteiger partial charge on any atom is 0.408 e. The summed E-state index contributed by atoms with van der Waals surface area (Å²) in [5.74, 6) is -0.888. The van der Waals surface area contributed by atoms with E-state index < -0.39 is 41.9 Å². The van der Waals surface area contributed by atoms with Crippen molar-refractivity contribution in [2.75, 3.05) is 6.61 Å². The van der Waals surface area contributed by atoms with Gasteiger partial charge in [-0.25, -0.2) is 4.79 Å². The summed E-state index contributed by atoms with van der Waals surface area (Å²) in [7, 11) is 0. The highest BCUT2D eigenvalue weighted by Gasteiger charge is 2.34. The normalized spacial score (nSPS) is 20.1. The minimum Gasteiger partial charge on any atom is -0.444 e. The topological polar surface area (TPSA) is 103 Å². The summed E-state index contributed by atoms with van der Waals surface area (Å²) in [4.78, 5) is 36.3. The summed E-state index contributed by atoms with van der Waals surface area (Å²) in [6, 6.07) is 8.01. The van der Waals surface area contributed by atoms with Crippen LogP contribution in [0.5, 0.6) is 0 Å². The first kappa shape index (κ1) is 21.7. The Morgan fingerprint density at radius 1 is 1.21 bits per heavy atom. The second-order valence-electron chi connectivity index (χ2n) is 7.64. The summed E-state index contributed by atoms with van der Waals surface area (Å²) in [5, 5.41) is 5.44. The van der Waals surface area contributed by atoms with Crippen molar-refractivity contribution in [3.8, 4) is 0 Å². The molecule has 0 aromatic heterocycles. The molecule has 2 rings (SSSR count). The number of rotatable bonds is 6. The molecule has 1 aromatic carbocycles. The molecule has 1 unspecified atom stereocenters. The van der Waals surface area contributed by atoms with Crippen molar-refractivity contribution < 1.29 is 28.6 Å². The van der Waals surface area contributed by atoms with Gasteiger partial charge in [0.05, 0.1) is 12.6 Å². The molecule has 2 N–H and O–H groups in total. The highest BCUT2D eigenvalue weighted by Crippen LogP contribution is 2.16. The van der Waals surface area contributed by atoms with Gasteiger partial charge in [0, 0.05) is 13.3 Å². The van der Waals surface area contributed by atoms with Gasteiger partial charge >= 0.3 is 12.1 Å². The van der Waals surface area contributed by atoms with E-state index >= 15 is 0 Å². The molecule has 3 atom stereocenters. The van der Waals surface area contributed by atoms with E-state index in [0.29, 0.717) is 13.0 Å². The lowest BCUT2D eigenvalue weighted by atomic mass is 10.0. The van der Waals surface area contributed by atoms with Crippen LogP contribution in [0.2, 0.25) is 0 Å². The zero-order chi connectivity index (χ0) is 20.7. The fourth-order valence-corrected chi connectivity index (χ4v) is 2.78. The smallest absolute Gasteiger partial charge is 0.408 e. The lowest BCUT2D eigenvalue weighted by Crippen LogP contribution is -2.53. The van der Waals surface area contributed by atoms with E-state index in [1.165, 1.54) is 6.92 Å². The molecule has 0 spiro atoms. The van der Waals surface area contributed by atoms with Crippen molar-refractivity contribution in [3.63, 3.8) is 0 Å². The fourth-order valence-electron chi connectivity index (χ4n) is 2.78. The molecule has 1 aliphatic rings. The van der Waals surface area contributed by atoms with Crippen LogP contribution in [0.25, 0.3) is 0 Å². The van der Waals surface area contributed by atoms with E-state index in [2.05, 4.69) is 10.6 Å². The zero-order valence-electron chi connectivity index (χ0n) is 16.7. The molecule has 2 amide bonds. The second kappa shape index (κ2) is 9.54. The van der Waals surface area contributed by atoms with Crippen LogP contribution in [0, 0.1) is 0 Å². The average Bonchev–Trinajstić information content (AvgIpc) is 2.99. The molecule has 1 aromatic rings. The molecule has 1 saturated heterocycles. The van der Waals surface area contributed by atoms with Gasteiger partial charge in [-0.15, -0.1) is 0 Å². The predicted molar refractivity (Wildman–Crippen MR) is 101 cm³/mol. The Morgan fingerprint density at radius 3 is 2.50 bits per heavy atom. The van der Waals surface area contributed by atoms with E-state index in [-0.39, 0.29) is 6.42 Å². The first-order valence-corrected chi connectivity index (χ1v) is 9.26. The summed E-state index contributed by atoms with van der Waals surface area (Å²) in [6.07, 6.45) is -0.713. The largest absolute Gasteiger partial charge is 0.444 e. The van der Waals surface area contributed by atoms with E-state index in [1.54, 1.807) is 20.8 Å². The van der Waals surface area contributed by atoms with Crippen LogP contribution in [0.15, 0.2) is 30.3 Å². The quantitative estimate of drug-likeness (QED) is 0.717. The van der Waals surface area contributed by atoms with Crippen molar-refractivity contribution in [2.24, 2.45) is 0 Å². The van der Waals surface area contributed by atoms with Crippen LogP contribution in [-0.4, -0.2) is 48.6 Å². The van der Waals surface area contributed by atoms with Gasteiger partial charge in [-0.2, -0.15) is 0 Å². The fraction of sp³-hybridized carbons (Fsp3) is 0.550. The molecule has 0 bridgehead atoms. The number of esters is 1. The van der Waals surface area contributed by atoms with Crippen molar-refractivity contribution in [2.45, 2.75) is 64.5 Å². The van der Waals surface area contributed by atoms with Gasteiger partial charge in [-0.05, 0) is 32.8 Å². The molecule has 0 aliphatic carbocycles. The molecule has 28 heavy (non-hydrogen) atoms. The Morgan fingerprint density at radius 2 is 1.89 bits per heavy atom. The first-order chi connectivity index (χ1) is 13.1. The molecular formula is C20H28N2O6. The molecule has 1 fully saturated rings. The maximum absolute atomic E-state index is 12.9. The Kier molecular flexibility index (Phi) is 7.39. The summed E-state index contributed by atoms with van der Waals surface area (Å²) < 4.78 is 15.7. The highest BCUT2D eigenvalue weighted by atomic mass is 16.7. The minimum atomic E-state index is -0.851. The maximum atomic E-state index is 12.9. The number of hydrogen-bond acceptors (Lipinski definition) is 6. The number of carbonyl (C=O) groups excluding carboxylic acids is 3. The van der Waals surface area contributed by atoms with Crippen molar-refractivity contribution in [1.29, 1.82) is 0 Å². The Balaban J connectivity index is 2.07. The highest BCUT2D eigenvalue weighted by molar-refractivity contribution is 5.86. The average molecular weight is 392 g/mol. The van der Waals surface area contributed by atoms with Crippen molar-refractivity contribution >= 4 is 18.0 Å². The Bertz CT molecular complexity index is 686. The molecule has 8 nitrogen and oxygen atoms in total. The van der Waals surface area contributed by atoms with Crippen LogP contribution in [-0.2, 0) is 30.2 Å². The minimum absolute atomic E-state index is 0.289. The molecule has 0 saturated carbocycles. The van der Waals surface area contributed by atoms with Gasteiger partial charge in [0.2, 0.25) is 12.2 Å². The van der Waals surface area contributed by atoms with Crippen molar-refractivity contribution in [1.82, 2.24) is 10.6 Å². The van der Waals surface area contributed by atoms with Gasteiger partial charge in [-0.1, -0.05) is 30.3 Å². The van der Waals surface area contributed by atoms with Crippen LogP contribution in [0.1, 0.15) is 39.7 Å². The number of ether oxygens (including phenoxy) is 3. The lowest BCUT2D eigenvalue weighted by molar-refractivity contribution is -0.170. The number of carbonyl (C=O) groups is 3. The number of benzene rings is 1. The van der Waals surface area contributed by atoms with Gasteiger partial charge in [0.15, 0.2) is 0 Å². The van der Waals surface area contributed by atoms with Gasteiger partial charge in [0.1, 0.15) is 11.6 Å². The number of nitrogens with one attached hydrogen (secondary N) is 2. The second-order valence-corrected chi connectivity index (χ2v) is 7.64. The van der Waals surface area contributed by atoms with Gasteiger partial charge in [0.25, 0.3) is 0 Å². The molecule has 0 radical (unpaired) electrons. The monoisotopic (exact) mass is 392 g/mol. The van der Waals surface area contributed by atoms with Crippen LogP contribution in [0.3, 0.4) is 0 Å². The van der Waals surface area contributed by atoms with E-state index in [0.717, 1.165) is 5.56 Å². The number of amides is 2. The molecule has 1 heterocycles. The molecular weight excluding hydrogens is 364 g/mol. The standard InChI is InChI=1S/C20H28N2O6/c1-13(23)27-18-15(10-11-26-18)21-17(24)16(12-14-8-6-5-7-9-14)22-19(25)28-20(2,3)4/h5-9,15-16,18H,10-12H2,1-4H3,(H,21,24)(H,22,25)/t15-,16-,18?/m0/s1. The van der Waals surface area contributed by atoms with Crippen molar-refractivity contribution in [3.05, 3.63) is 35.9 Å². The first-order valence-electron chi connectivity index (χ1n) is 9.26. The third-order valence-corrected chi connectivity index (χ3v) is 3.94. The summed E-state index contributed by atoms with van der Waals surface area (Å²) in [5.41, 5.74) is 0.204. The summed E-state index contributed by atoms with van der Waals surface area (Å²) >= 11 is 0. The number of alkyl carbamates (subject to hydrolysis) is 1. The zero-order valence-corrected chi connectivity index (χ0v) is 16.7. The van der Waals surface area contributed by atoms with Crippen LogP contribution in [0.4, 0.5) is 4.79 Å². The SMILES string of the molecule is CC(=O)OC1OCC[C@@H]1NC(=O)[C@H](Cc1ccccc1)NC(=O)OC(C)(C)C. The van der Waals surface area contributed by atoms with E-state index in [1.807, 2.05) is 30.3 Å². The molecule has 1 aliphatic heterocycles. The van der Waals surface area contributed by atoms with Crippen LogP contribution < -0.4 is 10.6 Å². The van der Waals surface area contributed by atoms with E-state index in [9.17, 15) is 14.4 Å². The third-order valence-electron chi connectivity index (χ3n) is 3.94. The molecule has 8 heteroatoms. The molecule has 154 valence electrons. The summed E-state index contributed by atoms with van der Waals surface area (Å²) in [6.45, 7) is 6.89. The number of hydrogen-bond donors (Lipinski definition) is 2.